The van der Waals surface area contributed by atoms with Gasteiger partial charge in [0.25, 0.3) is 0 Å². The number of methoxy groups -OCH3 is 1. The van der Waals surface area contributed by atoms with E-state index < -0.39 is 0 Å². The van der Waals surface area contributed by atoms with E-state index in [4.69, 9.17) is 10.5 Å². The maximum atomic E-state index is 13.7. The first kappa shape index (κ1) is 11.6. The van der Waals surface area contributed by atoms with Crippen LogP contribution < -0.4 is 5.73 Å². The van der Waals surface area contributed by atoms with Crippen LogP contribution in [0, 0.1) is 5.82 Å². The lowest BCUT2D eigenvalue weighted by atomic mass is 9.89. The predicted molar refractivity (Wildman–Crippen MR) is 61.4 cm³/mol. The van der Waals surface area contributed by atoms with Crippen LogP contribution in [0.4, 0.5) is 4.39 Å². The van der Waals surface area contributed by atoms with Crippen LogP contribution in [-0.4, -0.2) is 7.11 Å². The van der Waals surface area contributed by atoms with E-state index in [1.54, 1.807) is 19.2 Å². The zero-order valence-electron chi connectivity index (χ0n) is 9.63. The quantitative estimate of drug-likeness (QED) is 0.855. The Morgan fingerprint density at radius 1 is 1.38 bits per heavy atom. The van der Waals surface area contributed by atoms with Gasteiger partial charge in [-0.05, 0) is 24.5 Å². The summed E-state index contributed by atoms with van der Waals surface area (Å²) in [6, 6.07) is 5.28. The molecule has 0 radical (unpaired) electrons. The van der Waals surface area contributed by atoms with Crippen LogP contribution in [0.5, 0.6) is 0 Å². The molecule has 0 heterocycles. The van der Waals surface area contributed by atoms with Gasteiger partial charge in [-0.3, -0.25) is 0 Å². The topological polar surface area (TPSA) is 35.2 Å². The summed E-state index contributed by atoms with van der Waals surface area (Å²) in [6.07, 6.45) is 4.18. The van der Waals surface area contributed by atoms with Crippen molar-refractivity contribution in [2.45, 2.75) is 37.8 Å². The van der Waals surface area contributed by atoms with Gasteiger partial charge in [0.15, 0.2) is 0 Å². The van der Waals surface area contributed by atoms with Crippen molar-refractivity contribution in [3.63, 3.8) is 0 Å². The summed E-state index contributed by atoms with van der Waals surface area (Å²) in [7, 11) is 1.56. The van der Waals surface area contributed by atoms with Crippen LogP contribution in [-0.2, 0) is 16.9 Å². The van der Waals surface area contributed by atoms with Crippen molar-refractivity contribution in [3.05, 3.63) is 35.1 Å². The van der Waals surface area contributed by atoms with Crippen molar-refractivity contribution in [2.24, 2.45) is 5.73 Å². The first-order valence-corrected chi connectivity index (χ1v) is 5.72. The molecular weight excluding hydrogens is 205 g/mol. The van der Waals surface area contributed by atoms with Crippen LogP contribution in [0.1, 0.15) is 36.8 Å². The SMILES string of the molecule is COCc1ccc(C2(N)CCCC2)cc1F. The van der Waals surface area contributed by atoms with Gasteiger partial charge in [0, 0.05) is 18.2 Å². The standard InChI is InChI=1S/C13H18FNO/c1-16-9-10-4-5-11(8-12(10)14)13(15)6-2-3-7-13/h4-5,8H,2-3,6-7,9,15H2,1H3. The molecule has 0 aromatic heterocycles. The summed E-state index contributed by atoms with van der Waals surface area (Å²) < 4.78 is 18.7. The number of rotatable bonds is 3. The third-order valence-electron chi connectivity index (χ3n) is 3.42. The van der Waals surface area contributed by atoms with Gasteiger partial charge < -0.3 is 10.5 Å². The summed E-state index contributed by atoms with van der Waals surface area (Å²) in [4.78, 5) is 0. The van der Waals surface area contributed by atoms with Crippen LogP contribution in [0.25, 0.3) is 0 Å². The molecule has 2 rings (SSSR count). The van der Waals surface area contributed by atoms with Gasteiger partial charge in [0.1, 0.15) is 5.82 Å². The smallest absolute Gasteiger partial charge is 0.129 e. The molecule has 1 saturated carbocycles. The van der Waals surface area contributed by atoms with E-state index in [1.807, 2.05) is 6.07 Å². The highest BCUT2D eigenvalue weighted by atomic mass is 19.1. The maximum Gasteiger partial charge on any atom is 0.129 e. The number of nitrogens with two attached hydrogens (primary N) is 1. The number of halogens is 1. The Morgan fingerprint density at radius 2 is 2.06 bits per heavy atom. The molecule has 0 spiro atoms. The first-order valence-electron chi connectivity index (χ1n) is 5.72. The highest BCUT2D eigenvalue weighted by Gasteiger charge is 2.31. The minimum Gasteiger partial charge on any atom is -0.380 e. The molecule has 1 aliphatic carbocycles. The lowest BCUT2D eigenvalue weighted by molar-refractivity contribution is 0.181. The predicted octanol–water partition coefficient (Wildman–Crippen LogP) is 2.70. The highest BCUT2D eigenvalue weighted by Crippen LogP contribution is 2.36. The number of hydrogen-bond donors (Lipinski definition) is 1. The van der Waals surface area contributed by atoms with E-state index in [2.05, 4.69) is 0 Å². The summed E-state index contributed by atoms with van der Waals surface area (Å²) in [5, 5.41) is 0. The molecule has 1 aromatic rings. The van der Waals surface area contributed by atoms with E-state index in [0.29, 0.717) is 12.2 Å². The van der Waals surface area contributed by atoms with Gasteiger partial charge in [-0.15, -0.1) is 0 Å². The number of hydrogen-bond acceptors (Lipinski definition) is 2. The molecule has 0 atom stereocenters. The van der Waals surface area contributed by atoms with Crippen LogP contribution in [0.15, 0.2) is 18.2 Å². The monoisotopic (exact) mass is 223 g/mol. The molecule has 1 aromatic carbocycles. The Morgan fingerprint density at radius 3 is 2.62 bits per heavy atom. The summed E-state index contributed by atoms with van der Waals surface area (Å²) >= 11 is 0. The van der Waals surface area contributed by atoms with Crippen LogP contribution in [0.2, 0.25) is 0 Å². The fourth-order valence-corrected chi connectivity index (χ4v) is 2.42. The van der Waals surface area contributed by atoms with Crippen molar-refractivity contribution in [2.75, 3.05) is 7.11 Å². The van der Waals surface area contributed by atoms with Gasteiger partial charge >= 0.3 is 0 Å². The molecule has 2 nitrogen and oxygen atoms in total. The molecule has 1 aliphatic rings. The number of ether oxygens (including phenoxy) is 1. The normalized spacial score (nSPS) is 18.9. The second-order valence-electron chi connectivity index (χ2n) is 4.60. The molecule has 3 heteroatoms. The summed E-state index contributed by atoms with van der Waals surface area (Å²) in [6.45, 7) is 0.309. The molecular formula is C13H18FNO. The first-order chi connectivity index (χ1) is 7.65. The van der Waals surface area contributed by atoms with Crippen LogP contribution in [0.3, 0.4) is 0 Å². The Balaban J connectivity index is 2.26. The van der Waals surface area contributed by atoms with Crippen molar-refractivity contribution in [1.29, 1.82) is 0 Å². The summed E-state index contributed by atoms with van der Waals surface area (Å²) in [5.41, 5.74) is 7.47. The lowest BCUT2D eigenvalue weighted by Crippen LogP contribution is -2.33. The van der Waals surface area contributed by atoms with Gasteiger partial charge in [0.2, 0.25) is 0 Å². The molecule has 0 saturated heterocycles. The molecule has 0 unspecified atom stereocenters. The minimum absolute atomic E-state index is 0.212. The summed E-state index contributed by atoms with van der Waals surface area (Å²) in [5.74, 6) is -0.212. The molecule has 16 heavy (non-hydrogen) atoms. The molecule has 88 valence electrons. The van der Waals surface area contributed by atoms with Crippen molar-refractivity contribution in [3.8, 4) is 0 Å². The molecule has 0 amide bonds. The third-order valence-corrected chi connectivity index (χ3v) is 3.42. The van der Waals surface area contributed by atoms with Gasteiger partial charge in [-0.1, -0.05) is 25.0 Å². The Hall–Kier alpha value is -0.930. The highest BCUT2D eigenvalue weighted by molar-refractivity contribution is 5.30. The zero-order valence-corrected chi connectivity index (χ0v) is 9.63. The fourth-order valence-electron chi connectivity index (χ4n) is 2.42. The van der Waals surface area contributed by atoms with Crippen molar-refractivity contribution < 1.29 is 9.13 Å². The minimum atomic E-state index is -0.313. The van der Waals surface area contributed by atoms with E-state index in [1.165, 1.54) is 0 Å². The Bertz CT molecular complexity index is 372. The third kappa shape index (κ3) is 2.11. The number of benzene rings is 1. The van der Waals surface area contributed by atoms with Crippen molar-refractivity contribution in [1.82, 2.24) is 0 Å². The van der Waals surface area contributed by atoms with E-state index in [9.17, 15) is 4.39 Å². The Kier molecular flexibility index (Phi) is 3.26. The lowest BCUT2D eigenvalue weighted by Gasteiger charge is -2.24. The van der Waals surface area contributed by atoms with Gasteiger partial charge in [0.05, 0.1) is 6.61 Å². The fraction of sp³-hybridized carbons (Fsp3) is 0.538. The second kappa shape index (κ2) is 4.52. The van der Waals surface area contributed by atoms with E-state index in [-0.39, 0.29) is 11.4 Å². The van der Waals surface area contributed by atoms with E-state index in [0.717, 1.165) is 31.2 Å². The van der Waals surface area contributed by atoms with Gasteiger partial charge in [-0.2, -0.15) is 0 Å². The largest absolute Gasteiger partial charge is 0.380 e. The Labute approximate surface area is 95.6 Å². The maximum absolute atomic E-state index is 13.7. The zero-order chi connectivity index (χ0) is 11.6. The molecule has 2 N–H and O–H groups in total. The van der Waals surface area contributed by atoms with Gasteiger partial charge in [-0.25, -0.2) is 4.39 Å². The average molecular weight is 223 g/mol. The van der Waals surface area contributed by atoms with E-state index >= 15 is 0 Å². The van der Waals surface area contributed by atoms with Crippen molar-refractivity contribution >= 4 is 0 Å². The molecule has 0 aliphatic heterocycles. The average Bonchev–Trinajstić information content (AvgIpc) is 2.70. The van der Waals surface area contributed by atoms with Crippen LogP contribution >= 0.6 is 0 Å². The molecule has 0 bridgehead atoms. The molecule has 1 fully saturated rings. The second-order valence-corrected chi connectivity index (χ2v) is 4.60.